The maximum atomic E-state index is 7.74. The standard InChI is InChI=1S/2C13H21.2C6H5ClO.Zr/c2*1-12(2,3)10-7-8-11(9-10)13(4,5)6;2*7-5-2-1-3-6(8)4-5;/h2*7-9H,1-6H3;2*1-4,8H;/q;;;;+2/p-2. The van der Waals surface area contributed by atoms with Crippen molar-refractivity contribution in [3.63, 3.8) is 0 Å². The average molecular weight is 701 g/mol. The van der Waals surface area contributed by atoms with Gasteiger partial charge < -0.3 is 0 Å². The molecule has 4 rings (SSSR count). The van der Waals surface area contributed by atoms with Crippen LogP contribution in [0.15, 0.2) is 96.1 Å². The van der Waals surface area contributed by atoms with Crippen molar-refractivity contribution in [2.75, 3.05) is 0 Å². The van der Waals surface area contributed by atoms with Crippen molar-refractivity contribution in [1.29, 1.82) is 0 Å². The summed E-state index contributed by atoms with van der Waals surface area (Å²) in [5.41, 5.74) is 1.93. The topological polar surface area (TPSA) is 18.5 Å². The Morgan fingerprint density at radius 3 is 1.16 bits per heavy atom. The normalized spacial score (nSPS) is 22.9. The van der Waals surface area contributed by atoms with Gasteiger partial charge in [-0.1, -0.05) is 0 Å². The molecule has 2 aliphatic carbocycles. The van der Waals surface area contributed by atoms with Crippen LogP contribution < -0.4 is 5.63 Å². The fourth-order valence-electron chi connectivity index (χ4n) is 6.48. The van der Waals surface area contributed by atoms with Crippen molar-refractivity contribution in [3.05, 3.63) is 106 Å². The van der Waals surface area contributed by atoms with Gasteiger partial charge in [0, 0.05) is 0 Å². The van der Waals surface area contributed by atoms with Gasteiger partial charge >= 0.3 is 279 Å². The molecule has 0 heterocycles. The zero-order chi connectivity index (χ0) is 32.3. The molecule has 5 heteroatoms. The second-order valence-electron chi connectivity index (χ2n) is 16.3. The molecule has 0 amide bonds. The van der Waals surface area contributed by atoms with E-state index >= 15 is 0 Å². The fraction of sp³-hybridized carbons (Fsp3) is 0.474. The first-order chi connectivity index (χ1) is 19.6. The van der Waals surface area contributed by atoms with Gasteiger partial charge in [0.05, 0.1) is 0 Å². The molecule has 0 bridgehead atoms. The molecule has 0 saturated carbocycles. The van der Waals surface area contributed by atoms with Gasteiger partial charge in [-0.15, -0.1) is 0 Å². The molecule has 2 aliphatic rings. The van der Waals surface area contributed by atoms with E-state index in [9.17, 15) is 0 Å². The third-order valence-corrected chi connectivity index (χ3v) is 22.8. The molecule has 0 spiro atoms. The first-order valence-corrected chi connectivity index (χ1v) is 20.5. The zero-order valence-electron chi connectivity index (χ0n) is 28.2. The summed E-state index contributed by atoms with van der Waals surface area (Å²) in [7, 11) is 0. The van der Waals surface area contributed by atoms with Gasteiger partial charge in [0.25, 0.3) is 0 Å². The van der Waals surface area contributed by atoms with Gasteiger partial charge in [0.15, 0.2) is 0 Å². The third-order valence-electron chi connectivity index (χ3n) is 9.24. The van der Waals surface area contributed by atoms with Gasteiger partial charge in [0.2, 0.25) is 0 Å². The zero-order valence-corrected chi connectivity index (χ0v) is 32.1. The molecule has 2 unspecified atom stereocenters. The van der Waals surface area contributed by atoms with Crippen LogP contribution in [0.4, 0.5) is 0 Å². The molecule has 2 aromatic rings. The monoisotopic (exact) mass is 698 g/mol. The predicted molar refractivity (Wildman–Crippen MR) is 182 cm³/mol. The Hall–Kier alpha value is -1.54. The summed E-state index contributed by atoms with van der Waals surface area (Å²) in [6.45, 7) is 27.7. The first-order valence-electron chi connectivity index (χ1n) is 15.3. The minimum absolute atomic E-state index is 0.0555. The third kappa shape index (κ3) is 6.17. The van der Waals surface area contributed by atoms with E-state index in [1.165, 1.54) is 11.1 Å². The van der Waals surface area contributed by atoms with Crippen LogP contribution in [0.1, 0.15) is 83.1 Å². The van der Waals surface area contributed by atoms with Crippen LogP contribution in [-0.4, -0.2) is 0 Å². The number of hydrogen-bond donors (Lipinski definition) is 0. The van der Waals surface area contributed by atoms with Gasteiger partial charge in [0.1, 0.15) is 0 Å². The molecule has 0 aliphatic heterocycles. The van der Waals surface area contributed by atoms with Crippen molar-refractivity contribution in [2.24, 2.45) is 21.7 Å². The summed E-state index contributed by atoms with van der Waals surface area (Å²) >= 11 is 8.31. The second-order valence-corrected chi connectivity index (χ2v) is 25.3. The molecule has 2 aromatic carbocycles. The van der Waals surface area contributed by atoms with Crippen LogP contribution in [0.5, 0.6) is 11.5 Å². The number of rotatable bonds is 6. The van der Waals surface area contributed by atoms with Crippen LogP contribution in [0.3, 0.4) is 0 Å². The molecule has 0 N–H and O–H groups in total. The van der Waals surface area contributed by atoms with Crippen molar-refractivity contribution < 1.29 is 26.8 Å². The Kier molecular flexibility index (Phi) is 9.08. The van der Waals surface area contributed by atoms with Crippen molar-refractivity contribution in [1.82, 2.24) is 0 Å². The molecule has 0 fully saturated rings. The van der Waals surface area contributed by atoms with E-state index in [1.807, 2.05) is 48.5 Å². The SMILES string of the molecule is CC(C)(C)C1=C[C](C(C)(C)C)([Zr]([O]c2cccc(Cl)c2)([O]c2cccc(Cl)c2)[C]2(C(C)(C)C)C=CC(C(C)(C)C)=C2)C=C1. The number of hydrogen-bond acceptors (Lipinski definition) is 2. The van der Waals surface area contributed by atoms with E-state index in [1.54, 1.807) is 0 Å². The Morgan fingerprint density at radius 2 is 0.907 bits per heavy atom. The van der Waals surface area contributed by atoms with Crippen molar-refractivity contribution in [2.45, 2.75) is 89.3 Å². The Morgan fingerprint density at radius 1 is 0.558 bits per heavy atom. The van der Waals surface area contributed by atoms with E-state index in [-0.39, 0.29) is 21.7 Å². The van der Waals surface area contributed by atoms with E-state index in [0.717, 1.165) is 11.5 Å². The Balaban J connectivity index is 2.25. The van der Waals surface area contributed by atoms with Gasteiger partial charge in [-0.3, -0.25) is 0 Å². The van der Waals surface area contributed by atoms with Gasteiger partial charge in [-0.05, 0) is 0 Å². The maximum absolute atomic E-state index is 7.74. The summed E-state index contributed by atoms with van der Waals surface area (Å²) in [4.78, 5) is 0. The van der Waals surface area contributed by atoms with E-state index < -0.39 is 27.4 Å². The molecule has 0 radical (unpaired) electrons. The molecule has 2 atom stereocenters. The summed E-state index contributed by atoms with van der Waals surface area (Å²) < 4.78 is 14.4. The minimum atomic E-state index is -4.93. The number of allylic oxidation sites excluding steroid dienone is 8. The molecule has 232 valence electrons. The summed E-state index contributed by atoms with van der Waals surface area (Å²) in [5.74, 6) is 1.46. The summed E-state index contributed by atoms with van der Waals surface area (Å²) in [5, 5.41) is 1.27. The first kappa shape index (κ1) is 34.3. The number of benzene rings is 2. The quantitative estimate of drug-likeness (QED) is 0.299. The van der Waals surface area contributed by atoms with Crippen LogP contribution in [0, 0.1) is 21.7 Å². The second kappa shape index (κ2) is 11.4. The molecule has 0 aromatic heterocycles. The van der Waals surface area contributed by atoms with E-state index in [2.05, 4.69) is 120 Å². The number of halogens is 2. The van der Waals surface area contributed by atoms with Gasteiger partial charge in [-0.2, -0.15) is 0 Å². The van der Waals surface area contributed by atoms with E-state index in [4.69, 9.17) is 28.8 Å². The fourth-order valence-corrected chi connectivity index (χ4v) is 20.6. The summed E-state index contributed by atoms with van der Waals surface area (Å²) in [6.07, 6.45) is 14.5. The molecular weight excluding hydrogens is 651 g/mol. The van der Waals surface area contributed by atoms with Gasteiger partial charge in [-0.25, -0.2) is 0 Å². The van der Waals surface area contributed by atoms with Crippen LogP contribution >= 0.6 is 23.2 Å². The van der Waals surface area contributed by atoms with E-state index in [0.29, 0.717) is 10.0 Å². The molecule has 0 saturated heterocycles. The van der Waals surface area contributed by atoms with Crippen LogP contribution in [-0.2, 0) is 21.1 Å². The van der Waals surface area contributed by atoms with Crippen LogP contribution in [0.25, 0.3) is 0 Å². The Labute approximate surface area is 276 Å². The summed E-state index contributed by atoms with van der Waals surface area (Å²) in [6, 6.07) is 15.6. The Bertz CT molecular complexity index is 1370. The predicted octanol–water partition coefficient (Wildman–Crippen LogP) is 12.9. The van der Waals surface area contributed by atoms with Crippen molar-refractivity contribution in [3.8, 4) is 11.5 Å². The van der Waals surface area contributed by atoms with Crippen molar-refractivity contribution >= 4 is 23.2 Å². The molecule has 43 heavy (non-hydrogen) atoms. The average Bonchev–Trinajstić information content (AvgIpc) is 3.51. The molecular formula is C38H50Cl2O2Zr. The molecule has 2 nitrogen and oxygen atoms in total. The van der Waals surface area contributed by atoms with Crippen LogP contribution in [0.2, 0.25) is 16.3 Å².